The van der Waals surface area contributed by atoms with Crippen LogP contribution >= 0.6 is 0 Å². The van der Waals surface area contributed by atoms with Crippen LogP contribution in [0.2, 0.25) is 0 Å². The lowest BCUT2D eigenvalue weighted by atomic mass is 10.2. The Morgan fingerprint density at radius 3 is 1.76 bits per heavy atom. The zero-order chi connectivity index (χ0) is 17.4. The highest BCUT2D eigenvalue weighted by atomic mass is 16.5. The predicted octanol–water partition coefficient (Wildman–Crippen LogP) is -1.29. The van der Waals surface area contributed by atoms with Gasteiger partial charge in [-0.3, -0.25) is 0 Å². The van der Waals surface area contributed by atoms with E-state index in [4.69, 9.17) is 18.9 Å². The Morgan fingerprint density at radius 1 is 0.680 bits per heavy atom. The van der Waals surface area contributed by atoms with Crippen LogP contribution in [-0.2, 0) is 25.5 Å². The van der Waals surface area contributed by atoms with Crippen molar-refractivity contribution in [2.75, 3.05) is 79.0 Å². The van der Waals surface area contributed by atoms with E-state index in [2.05, 4.69) is 35.6 Å². The first kappa shape index (κ1) is 20.3. The van der Waals surface area contributed by atoms with Gasteiger partial charge < -0.3 is 29.2 Å². The van der Waals surface area contributed by atoms with Gasteiger partial charge in [-0.1, -0.05) is 30.3 Å². The van der Waals surface area contributed by atoms with Crippen molar-refractivity contribution in [2.45, 2.75) is 6.54 Å². The summed E-state index contributed by atoms with van der Waals surface area (Å²) >= 11 is 0. The lowest BCUT2D eigenvalue weighted by Crippen LogP contribution is -3.11. The first-order chi connectivity index (χ1) is 12.4. The first-order valence-electron chi connectivity index (χ1n) is 9.45. The summed E-state index contributed by atoms with van der Waals surface area (Å²) in [5.41, 5.74) is 1.35. The van der Waals surface area contributed by atoms with E-state index in [9.17, 15) is 0 Å². The van der Waals surface area contributed by atoms with Crippen molar-refractivity contribution in [3.05, 3.63) is 35.9 Å². The van der Waals surface area contributed by atoms with Gasteiger partial charge in [-0.05, 0) is 0 Å². The third-order valence-corrected chi connectivity index (χ3v) is 4.17. The molecule has 0 amide bonds. The van der Waals surface area contributed by atoms with Crippen molar-refractivity contribution in [2.24, 2.45) is 0 Å². The summed E-state index contributed by atoms with van der Waals surface area (Å²) in [6.07, 6.45) is 0. The molecule has 1 fully saturated rings. The summed E-state index contributed by atoms with van der Waals surface area (Å²) < 4.78 is 22.6. The molecule has 3 N–H and O–H groups in total. The van der Waals surface area contributed by atoms with Crippen molar-refractivity contribution in [1.29, 1.82) is 0 Å². The maximum Gasteiger partial charge on any atom is 0.103 e. The summed E-state index contributed by atoms with van der Waals surface area (Å²) in [6.45, 7) is 10.6. The fourth-order valence-corrected chi connectivity index (χ4v) is 2.74. The Bertz CT molecular complexity index is 401. The molecule has 0 atom stereocenters. The van der Waals surface area contributed by atoms with Crippen molar-refractivity contribution in [1.82, 2.24) is 0 Å². The molecule has 1 aliphatic rings. The number of quaternary nitrogens is 2. The monoisotopic (exact) mass is 354 g/mol. The highest BCUT2D eigenvalue weighted by Gasteiger charge is 2.10. The zero-order valence-corrected chi connectivity index (χ0v) is 15.3. The minimum atomic E-state index is 0.665. The van der Waals surface area contributed by atoms with E-state index in [0.717, 1.165) is 59.2 Å². The van der Waals surface area contributed by atoms with Gasteiger partial charge in [0.05, 0.1) is 65.9 Å². The van der Waals surface area contributed by atoms with Gasteiger partial charge in [0.15, 0.2) is 0 Å². The lowest BCUT2D eigenvalue weighted by Gasteiger charge is -2.20. The van der Waals surface area contributed by atoms with Crippen LogP contribution in [-0.4, -0.2) is 79.0 Å². The van der Waals surface area contributed by atoms with E-state index in [0.29, 0.717) is 26.4 Å². The topological polar surface area (TPSA) is 58.0 Å². The number of hydrogen-bond acceptors (Lipinski definition) is 4. The Hall–Kier alpha value is -1.02. The molecular formula is C19H34N2O4+2. The fourth-order valence-electron chi connectivity index (χ4n) is 2.74. The molecule has 0 aliphatic carbocycles. The predicted molar refractivity (Wildman–Crippen MR) is 95.8 cm³/mol. The maximum atomic E-state index is 5.73. The van der Waals surface area contributed by atoms with Crippen LogP contribution in [0.4, 0.5) is 0 Å². The van der Waals surface area contributed by atoms with E-state index >= 15 is 0 Å². The average molecular weight is 354 g/mol. The number of nitrogens with one attached hydrogen (secondary N) is 1. The summed E-state index contributed by atoms with van der Waals surface area (Å²) in [7, 11) is 0. The highest BCUT2D eigenvalue weighted by molar-refractivity contribution is 5.13. The molecule has 0 unspecified atom stereocenters. The average Bonchev–Trinajstić information content (AvgIpc) is 2.64. The molecule has 1 saturated heterocycles. The molecule has 0 saturated carbocycles. The molecule has 0 aromatic heterocycles. The molecule has 25 heavy (non-hydrogen) atoms. The summed E-state index contributed by atoms with van der Waals surface area (Å²) in [6, 6.07) is 10.6. The van der Waals surface area contributed by atoms with E-state index in [1.165, 1.54) is 10.5 Å². The van der Waals surface area contributed by atoms with E-state index in [-0.39, 0.29) is 0 Å². The van der Waals surface area contributed by atoms with Gasteiger partial charge in [-0.25, -0.2) is 0 Å². The normalized spacial score (nSPS) is 21.3. The Kier molecular flexibility index (Phi) is 11.5. The zero-order valence-electron chi connectivity index (χ0n) is 15.3. The second kappa shape index (κ2) is 14.2. The number of benzene rings is 1. The molecular weight excluding hydrogens is 320 g/mol. The first-order valence-corrected chi connectivity index (χ1v) is 9.45. The Labute approximate surface area is 151 Å². The quantitative estimate of drug-likeness (QED) is 0.694. The second-order valence-electron chi connectivity index (χ2n) is 6.23. The molecule has 0 radical (unpaired) electrons. The standard InChI is InChI=1S/C19H32N2O4/c1-2-4-19(5-3-1)18-21-8-12-24-16-14-22-10-6-20-7-11-23-15-17-25-13-9-21/h1-5,20H,6-18H2/p+2. The van der Waals surface area contributed by atoms with Crippen molar-refractivity contribution < 1.29 is 29.2 Å². The highest BCUT2D eigenvalue weighted by Crippen LogP contribution is 1.95. The maximum absolute atomic E-state index is 5.73. The minimum absolute atomic E-state index is 0.665. The fraction of sp³-hybridized carbons (Fsp3) is 0.684. The molecule has 1 aromatic rings. The molecule has 2 rings (SSSR count). The van der Waals surface area contributed by atoms with E-state index in [1.807, 2.05) is 0 Å². The minimum Gasteiger partial charge on any atom is -0.373 e. The Morgan fingerprint density at radius 2 is 1.20 bits per heavy atom. The third kappa shape index (κ3) is 10.5. The van der Waals surface area contributed by atoms with Crippen molar-refractivity contribution >= 4 is 0 Å². The summed E-state index contributed by atoms with van der Waals surface area (Å²) in [5.74, 6) is 0. The third-order valence-electron chi connectivity index (χ3n) is 4.17. The molecule has 0 bridgehead atoms. The van der Waals surface area contributed by atoms with Crippen LogP contribution in [0.25, 0.3) is 0 Å². The van der Waals surface area contributed by atoms with Crippen molar-refractivity contribution in [3.8, 4) is 0 Å². The largest absolute Gasteiger partial charge is 0.373 e. The molecule has 6 heteroatoms. The molecule has 1 aromatic carbocycles. The molecule has 1 aliphatic heterocycles. The molecule has 6 nitrogen and oxygen atoms in total. The lowest BCUT2D eigenvalue weighted by molar-refractivity contribution is -0.914. The van der Waals surface area contributed by atoms with Crippen LogP contribution in [0.5, 0.6) is 0 Å². The Balaban J connectivity index is 1.73. The SMILES string of the molecule is c1ccc(C[NH+]2CCOCCOCC[NH2+]CCOCCOCC2)cc1. The van der Waals surface area contributed by atoms with Gasteiger partial charge in [0.25, 0.3) is 0 Å². The van der Waals surface area contributed by atoms with Gasteiger partial charge in [0.1, 0.15) is 19.6 Å². The van der Waals surface area contributed by atoms with Gasteiger partial charge >= 0.3 is 0 Å². The van der Waals surface area contributed by atoms with Gasteiger partial charge in [0.2, 0.25) is 0 Å². The van der Waals surface area contributed by atoms with Crippen LogP contribution in [0, 0.1) is 0 Å². The number of nitrogens with two attached hydrogens (primary N) is 1. The number of rotatable bonds is 2. The van der Waals surface area contributed by atoms with Gasteiger partial charge in [-0.2, -0.15) is 0 Å². The molecule has 1 heterocycles. The van der Waals surface area contributed by atoms with Crippen LogP contribution in [0.1, 0.15) is 5.56 Å². The molecule has 142 valence electrons. The van der Waals surface area contributed by atoms with Crippen LogP contribution in [0.3, 0.4) is 0 Å². The van der Waals surface area contributed by atoms with Crippen LogP contribution in [0.15, 0.2) is 30.3 Å². The number of ether oxygens (including phenoxy) is 4. The van der Waals surface area contributed by atoms with E-state index in [1.54, 1.807) is 0 Å². The summed E-state index contributed by atoms with van der Waals surface area (Å²) in [4.78, 5) is 1.48. The number of hydrogen-bond donors (Lipinski definition) is 2. The smallest absolute Gasteiger partial charge is 0.103 e. The second-order valence-corrected chi connectivity index (χ2v) is 6.23. The van der Waals surface area contributed by atoms with Gasteiger partial charge in [0, 0.05) is 5.56 Å². The molecule has 0 spiro atoms. The summed E-state index contributed by atoms with van der Waals surface area (Å²) in [5, 5.41) is 2.22. The van der Waals surface area contributed by atoms with Crippen molar-refractivity contribution in [3.63, 3.8) is 0 Å². The van der Waals surface area contributed by atoms with Gasteiger partial charge in [-0.15, -0.1) is 0 Å². The van der Waals surface area contributed by atoms with Crippen LogP contribution < -0.4 is 10.2 Å². The van der Waals surface area contributed by atoms with E-state index < -0.39 is 0 Å².